The Labute approximate surface area is 90.8 Å². The maximum atomic E-state index is 12.4. The molecule has 0 aliphatic rings. The first-order valence-corrected chi connectivity index (χ1v) is 4.37. The van der Waals surface area contributed by atoms with Crippen LogP contribution in [0.2, 0.25) is 0 Å². The molecule has 0 saturated heterocycles. The van der Waals surface area contributed by atoms with Crippen LogP contribution in [0, 0.1) is 5.95 Å². The molecule has 0 aliphatic heterocycles. The molecule has 0 bridgehead atoms. The van der Waals surface area contributed by atoms with Gasteiger partial charge in [0.05, 0.1) is 11.9 Å². The lowest BCUT2D eigenvalue weighted by atomic mass is 10.4. The first-order chi connectivity index (χ1) is 7.61. The zero-order valence-corrected chi connectivity index (χ0v) is 8.49. The average Bonchev–Trinajstić information content (AvgIpc) is 2.29. The second-order valence-corrected chi connectivity index (χ2v) is 2.74. The Morgan fingerprint density at radius 2 is 2.25 bits per heavy atom. The number of nitrogens with one attached hydrogen (secondary N) is 2. The van der Waals surface area contributed by atoms with Gasteiger partial charge in [-0.15, -0.1) is 0 Å². The van der Waals surface area contributed by atoms with E-state index >= 15 is 0 Å². The van der Waals surface area contributed by atoms with Crippen LogP contribution in [0.25, 0.3) is 0 Å². The number of hydrogen-bond acceptors (Lipinski definition) is 4. The summed E-state index contributed by atoms with van der Waals surface area (Å²) in [6, 6.07) is 2.45. The van der Waals surface area contributed by atoms with Gasteiger partial charge >= 0.3 is 6.09 Å². The van der Waals surface area contributed by atoms with E-state index in [1.54, 1.807) is 0 Å². The monoisotopic (exact) mass is 227 g/mol. The molecule has 1 heterocycles. The highest BCUT2D eigenvalue weighted by molar-refractivity contribution is 5.92. The van der Waals surface area contributed by atoms with Gasteiger partial charge in [-0.1, -0.05) is 0 Å². The summed E-state index contributed by atoms with van der Waals surface area (Å²) < 4.78 is 16.9. The Hall–Kier alpha value is -2.18. The molecule has 7 heteroatoms. The first kappa shape index (κ1) is 11.9. The lowest BCUT2D eigenvalue weighted by molar-refractivity contribution is -0.118. The molecule has 0 spiro atoms. The van der Waals surface area contributed by atoms with Gasteiger partial charge in [0.25, 0.3) is 5.91 Å². The number of alkyl carbamates (subject to hydrolysis) is 1. The van der Waals surface area contributed by atoms with E-state index in [0.29, 0.717) is 5.69 Å². The predicted octanol–water partition coefficient (Wildman–Crippen LogP) is 0.515. The van der Waals surface area contributed by atoms with Crippen molar-refractivity contribution in [3.05, 3.63) is 24.3 Å². The molecule has 0 fully saturated rings. The maximum absolute atomic E-state index is 12.4. The zero-order valence-electron chi connectivity index (χ0n) is 8.49. The van der Waals surface area contributed by atoms with Crippen LogP contribution in [-0.4, -0.2) is 30.6 Å². The Morgan fingerprint density at radius 3 is 2.81 bits per heavy atom. The Bertz CT molecular complexity index is 380. The summed E-state index contributed by atoms with van der Waals surface area (Å²) >= 11 is 0. The molecule has 0 aliphatic carbocycles. The largest absolute Gasteiger partial charge is 0.439 e. The number of ether oxygens (including phenoxy) is 1. The highest BCUT2D eigenvalue weighted by Gasteiger charge is 2.06. The van der Waals surface area contributed by atoms with Crippen molar-refractivity contribution in [3.8, 4) is 0 Å². The van der Waals surface area contributed by atoms with E-state index in [9.17, 15) is 14.0 Å². The molecular formula is C9H10FN3O3. The summed E-state index contributed by atoms with van der Waals surface area (Å²) in [5, 5.41) is 4.56. The van der Waals surface area contributed by atoms with Crippen molar-refractivity contribution in [2.24, 2.45) is 0 Å². The summed E-state index contributed by atoms with van der Waals surface area (Å²) in [5.41, 5.74) is 0.326. The molecule has 0 aromatic carbocycles. The highest BCUT2D eigenvalue weighted by atomic mass is 19.1. The third-order valence-electron chi connectivity index (χ3n) is 1.55. The van der Waals surface area contributed by atoms with Crippen molar-refractivity contribution in [3.63, 3.8) is 0 Å². The van der Waals surface area contributed by atoms with Crippen LogP contribution in [0.3, 0.4) is 0 Å². The van der Waals surface area contributed by atoms with Gasteiger partial charge in [-0.2, -0.15) is 4.39 Å². The molecular weight excluding hydrogens is 217 g/mol. The molecule has 86 valence electrons. The molecule has 1 aromatic rings. The number of carbonyl (C=O) groups is 2. The molecule has 0 atom stereocenters. The second-order valence-electron chi connectivity index (χ2n) is 2.74. The molecule has 2 N–H and O–H groups in total. The van der Waals surface area contributed by atoms with Gasteiger partial charge < -0.3 is 15.4 Å². The van der Waals surface area contributed by atoms with Gasteiger partial charge in [-0.25, -0.2) is 9.78 Å². The molecule has 1 aromatic heterocycles. The van der Waals surface area contributed by atoms with E-state index in [2.05, 4.69) is 20.4 Å². The number of pyridine rings is 1. The van der Waals surface area contributed by atoms with Crippen molar-refractivity contribution >= 4 is 17.7 Å². The summed E-state index contributed by atoms with van der Waals surface area (Å²) in [4.78, 5) is 25.2. The average molecular weight is 227 g/mol. The fraction of sp³-hybridized carbons (Fsp3) is 0.222. The number of amides is 2. The van der Waals surface area contributed by atoms with E-state index in [0.717, 1.165) is 12.3 Å². The van der Waals surface area contributed by atoms with Crippen LogP contribution in [0.4, 0.5) is 14.9 Å². The topological polar surface area (TPSA) is 80.3 Å². The third kappa shape index (κ3) is 3.91. The van der Waals surface area contributed by atoms with E-state index in [-0.39, 0.29) is 0 Å². The summed E-state index contributed by atoms with van der Waals surface area (Å²) in [7, 11) is 1.38. The van der Waals surface area contributed by atoms with Gasteiger partial charge in [0.15, 0.2) is 6.61 Å². The van der Waals surface area contributed by atoms with Crippen molar-refractivity contribution in [2.45, 2.75) is 0 Å². The smallest absolute Gasteiger partial charge is 0.407 e. The third-order valence-corrected chi connectivity index (χ3v) is 1.55. The fourth-order valence-electron chi connectivity index (χ4n) is 0.850. The van der Waals surface area contributed by atoms with Gasteiger partial charge in [0, 0.05) is 7.05 Å². The normalized spacial score (nSPS) is 9.38. The number of rotatable bonds is 3. The molecule has 0 radical (unpaired) electrons. The number of halogens is 1. The highest BCUT2D eigenvalue weighted by Crippen LogP contribution is 2.04. The van der Waals surface area contributed by atoms with Gasteiger partial charge in [0.1, 0.15) is 0 Å². The number of carbonyl (C=O) groups excluding carboxylic acids is 2. The van der Waals surface area contributed by atoms with Crippen molar-refractivity contribution in [1.29, 1.82) is 0 Å². The van der Waals surface area contributed by atoms with Gasteiger partial charge in [-0.3, -0.25) is 4.79 Å². The van der Waals surface area contributed by atoms with Crippen molar-refractivity contribution in [2.75, 3.05) is 19.0 Å². The Balaban J connectivity index is 2.40. The van der Waals surface area contributed by atoms with Crippen LogP contribution in [-0.2, 0) is 9.53 Å². The lowest BCUT2D eigenvalue weighted by Gasteiger charge is -2.05. The van der Waals surface area contributed by atoms with E-state index in [1.807, 2.05) is 0 Å². The van der Waals surface area contributed by atoms with Crippen LogP contribution in [0.1, 0.15) is 0 Å². The number of hydrogen-bond donors (Lipinski definition) is 2. The number of aromatic nitrogens is 1. The number of anilines is 1. The molecule has 2 amide bonds. The summed E-state index contributed by atoms with van der Waals surface area (Å²) in [5.74, 6) is -1.17. The molecule has 16 heavy (non-hydrogen) atoms. The summed E-state index contributed by atoms with van der Waals surface area (Å²) in [6.07, 6.45) is 0.458. The minimum atomic E-state index is -0.701. The van der Waals surface area contributed by atoms with E-state index in [4.69, 9.17) is 0 Å². The summed E-state index contributed by atoms with van der Waals surface area (Å²) in [6.45, 7) is -0.420. The SMILES string of the molecule is CNC(=O)OCC(=O)Nc1ccc(F)nc1. The van der Waals surface area contributed by atoms with Gasteiger partial charge in [0.2, 0.25) is 5.95 Å². The van der Waals surface area contributed by atoms with Crippen LogP contribution in [0.15, 0.2) is 18.3 Å². The Morgan fingerprint density at radius 1 is 1.50 bits per heavy atom. The molecule has 6 nitrogen and oxygen atoms in total. The van der Waals surface area contributed by atoms with E-state index in [1.165, 1.54) is 13.1 Å². The Kier molecular flexibility index (Phi) is 4.19. The molecule has 1 rings (SSSR count). The predicted molar refractivity (Wildman–Crippen MR) is 53.2 cm³/mol. The van der Waals surface area contributed by atoms with Crippen molar-refractivity contribution < 1.29 is 18.7 Å². The fourth-order valence-corrected chi connectivity index (χ4v) is 0.850. The van der Waals surface area contributed by atoms with Crippen molar-refractivity contribution in [1.82, 2.24) is 10.3 Å². The van der Waals surface area contributed by atoms with Crippen LogP contribution in [0.5, 0.6) is 0 Å². The van der Waals surface area contributed by atoms with E-state index < -0.39 is 24.6 Å². The zero-order chi connectivity index (χ0) is 12.0. The maximum Gasteiger partial charge on any atom is 0.407 e. The van der Waals surface area contributed by atoms with Gasteiger partial charge in [-0.05, 0) is 12.1 Å². The minimum absolute atomic E-state index is 0.326. The van der Waals surface area contributed by atoms with Crippen LogP contribution < -0.4 is 10.6 Å². The minimum Gasteiger partial charge on any atom is -0.439 e. The number of nitrogens with zero attached hydrogens (tertiary/aromatic N) is 1. The standard InChI is InChI=1S/C9H10FN3O3/c1-11-9(15)16-5-8(14)13-6-2-3-7(10)12-4-6/h2-4H,5H2,1H3,(H,11,15)(H,13,14). The second kappa shape index (κ2) is 5.64. The molecule has 0 saturated carbocycles. The molecule has 0 unspecified atom stereocenters. The lowest BCUT2D eigenvalue weighted by Crippen LogP contribution is -2.26. The van der Waals surface area contributed by atoms with Crippen LogP contribution >= 0.6 is 0 Å². The first-order valence-electron chi connectivity index (χ1n) is 4.37. The quantitative estimate of drug-likeness (QED) is 0.737.